The van der Waals surface area contributed by atoms with Crippen LogP contribution in [0.15, 0.2) is 65.6 Å². The van der Waals surface area contributed by atoms with Crippen molar-refractivity contribution in [3.05, 3.63) is 71.2 Å². The molecule has 3 aromatic carbocycles. The van der Waals surface area contributed by atoms with Crippen LogP contribution in [0.3, 0.4) is 0 Å². The SMILES string of the molecule is CN(Cc1ccc(Cl)cc1)C(=O)CCCN1c2cccc3cccc(c23)S1(=O)=O. The number of benzene rings is 3. The molecule has 1 aliphatic heterocycles. The molecule has 0 aliphatic carbocycles. The molecule has 1 amide bonds. The molecular weight excluding hydrogens is 408 g/mol. The number of rotatable bonds is 6. The second-order valence-corrected chi connectivity index (χ2v) is 9.46. The molecule has 150 valence electrons. The van der Waals surface area contributed by atoms with Crippen molar-refractivity contribution in [3.8, 4) is 0 Å². The quantitative estimate of drug-likeness (QED) is 0.583. The van der Waals surface area contributed by atoms with E-state index in [-0.39, 0.29) is 18.9 Å². The van der Waals surface area contributed by atoms with Gasteiger partial charge in [0.05, 0.1) is 10.6 Å². The van der Waals surface area contributed by atoms with E-state index in [2.05, 4.69) is 0 Å². The number of amides is 1. The molecule has 7 heteroatoms. The number of hydrogen-bond donors (Lipinski definition) is 0. The third kappa shape index (κ3) is 3.70. The predicted octanol–water partition coefficient (Wildman–Crippen LogP) is 4.44. The molecule has 0 saturated heterocycles. The zero-order chi connectivity index (χ0) is 20.6. The molecule has 0 N–H and O–H groups in total. The Kier molecular flexibility index (Phi) is 5.23. The van der Waals surface area contributed by atoms with Crippen LogP contribution in [0.5, 0.6) is 0 Å². The van der Waals surface area contributed by atoms with E-state index >= 15 is 0 Å². The van der Waals surface area contributed by atoms with E-state index in [4.69, 9.17) is 11.6 Å². The van der Waals surface area contributed by atoms with Gasteiger partial charge in [0, 0.05) is 37.0 Å². The van der Waals surface area contributed by atoms with Gasteiger partial charge >= 0.3 is 0 Å². The Hall–Kier alpha value is -2.57. The maximum absolute atomic E-state index is 13.0. The first-order valence-corrected chi connectivity index (χ1v) is 11.2. The highest BCUT2D eigenvalue weighted by atomic mass is 35.5. The Morgan fingerprint density at radius 3 is 2.45 bits per heavy atom. The number of halogens is 1. The van der Waals surface area contributed by atoms with Crippen LogP contribution in [0.2, 0.25) is 5.02 Å². The molecule has 1 aliphatic rings. The highest BCUT2D eigenvalue weighted by Crippen LogP contribution is 2.41. The lowest BCUT2D eigenvalue weighted by Crippen LogP contribution is -2.30. The topological polar surface area (TPSA) is 57.7 Å². The van der Waals surface area contributed by atoms with Gasteiger partial charge in [-0.25, -0.2) is 8.42 Å². The monoisotopic (exact) mass is 428 g/mol. The number of anilines is 1. The minimum absolute atomic E-state index is 0.0210. The Morgan fingerprint density at radius 1 is 1.03 bits per heavy atom. The molecule has 5 nitrogen and oxygen atoms in total. The van der Waals surface area contributed by atoms with Gasteiger partial charge < -0.3 is 4.90 Å². The van der Waals surface area contributed by atoms with E-state index in [1.807, 2.05) is 36.4 Å². The van der Waals surface area contributed by atoms with Gasteiger partial charge in [-0.3, -0.25) is 9.10 Å². The molecule has 0 spiro atoms. The van der Waals surface area contributed by atoms with Crippen LogP contribution in [0.25, 0.3) is 10.8 Å². The van der Waals surface area contributed by atoms with Crippen molar-refractivity contribution < 1.29 is 13.2 Å². The van der Waals surface area contributed by atoms with Crippen LogP contribution in [0, 0.1) is 0 Å². The number of nitrogens with zero attached hydrogens (tertiary/aromatic N) is 2. The summed E-state index contributed by atoms with van der Waals surface area (Å²) in [6.45, 7) is 0.763. The lowest BCUT2D eigenvalue weighted by atomic mass is 10.1. The Bertz CT molecular complexity index is 1170. The molecule has 0 radical (unpaired) electrons. The van der Waals surface area contributed by atoms with Crippen LogP contribution in [0.4, 0.5) is 5.69 Å². The fraction of sp³-hybridized carbons (Fsp3) is 0.227. The highest BCUT2D eigenvalue weighted by Gasteiger charge is 2.35. The van der Waals surface area contributed by atoms with Crippen LogP contribution in [-0.2, 0) is 21.4 Å². The second-order valence-electron chi connectivity index (χ2n) is 7.19. The van der Waals surface area contributed by atoms with Gasteiger partial charge in [0.15, 0.2) is 0 Å². The summed E-state index contributed by atoms with van der Waals surface area (Å²) >= 11 is 5.89. The van der Waals surface area contributed by atoms with E-state index < -0.39 is 10.0 Å². The molecule has 1 heterocycles. The van der Waals surface area contributed by atoms with E-state index in [9.17, 15) is 13.2 Å². The van der Waals surface area contributed by atoms with Gasteiger partial charge in [-0.2, -0.15) is 0 Å². The number of hydrogen-bond acceptors (Lipinski definition) is 3. The number of carbonyl (C=O) groups excluding carboxylic acids is 1. The summed E-state index contributed by atoms with van der Waals surface area (Å²) < 4.78 is 27.4. The maximum atomic E-state index is 13.0. The number of carbonyl (C=O) groups is 1. The van der Waals surface area contributed by atoms with Crippen LogP contribution in [-0.4, -0.2) is 32.8 Å². The van der Waals surface area contributed by atoms with Crippen molar-refractivity contribution in [2.45, 2.75) is 24.3 Å². The summed E-state index contributed by atoms with van der Waals surface area (Å²) in [7, 11) is -1.82. The average Bonchev–Trinajstić information content (AvgIpc) is 2.93. The van der Waals surface area contributed by atoms with Crippen molar-refractivity contribution >= 4 is 44.0 Å². The van der Waals surface area contributed by atoms with Crippen molar-refractivity contribution in [2.75, 3.05) is 17.9 Å². The van der Waals surface area contributed by atoms with Crippen molar-refractivity contribution in [1.29, 1.82) is 0 Å². The van der Waals surface area contributed by atoms with Crippen LogP contribution < -0.4 is 4.31 Å². The van der Waals surface area contributed by atoms with Gasteiger partial charge in [0.2, 0.25) is 5.91 Å². The first kappa shape index (κ1) is 19.7. The fourth-order valence-corrected chi connectivity index (χ4v) is 5.59. The second kappa shape index (κ2) is 7.69. The molecule has 0 atom stereocenters. The van der Waals surface area contributed by atoms with E-state index in [1.165, 1.54) is 4.31 Å². The zero-order valence-electron chi connectivity index (χ0n) is 16.0. The van der Waals surface area contributed by atoms with E-state index in [0.717, 1.165) is 16.3 Å². The van der Waals surface area contributed by atoms with Crippen molar-refractivity contribution in [1.82, 2.24) is 4.90 Å². The maximum Gasteiger partial charge on any atom is 0.265 e. The molecular formula is C22H21ClN2O3S. The zero-order valence-corrected chi connectivity index (χ0v) is 17.6. The third-order valence-electron chi connectivity index (χ3n) is 5.19. The van der Waals surface area contributed by atoms with Crippen LogP contribution in [0.1, 0.15) is 18.4 Å². The molecule has 3 aromatic rings. The molecule has 29 heavy (non-hydrogen) atoms. The summed E-state index contributed by atoms with van der Waals surface area (Å²) in [6, 6.07) is 18.3. The van der Waals surface area contributed by atoms with Crippen molar-refractivity contribution in [3.63, 3.8) is 0 Å². The summed E-state index contributed by atoms with van der Waals surface area (Å²) in [6.07, 6.45) is 0.732. The lowest BCUT2D eigenvalue weighted by Gasteiger charge is -2.20. The Morgan fingerprint density at radius 2 is 1.72 bits per heavy atom. The van der Waals surface area contributed by atoms with Gasteiger partial charge in [0.1, 0.15) is 0 Å². The standard InChI is InChI=1S/C22H21ClN2O3S/c1-24(15-16-10-12-18(23)13-11-16)21(26)9-4-14-25-19-7-2-5-17-6-3-8-20(22(17)19)29(25,27)28/h2-3,5-8,10-13H,4,9,14-15H2,1H3. The van der Waals surface area contributed by atoms with Crippen molar-refractivity contribution in [2.24, 2.45) is 0 Å². The van der Waals surface area contributed by atoms with Crippen LogP contribution >= 0.6 is 11.6 Å². The summed E-state index contributed by atoms with van der Waals surface area (Å²) in [5, 5.41) is 2.33. The third-order valence-corrected chi connectivity index (χ3v) is 7.30. The normalized spacial score (nSPS) is 14.3. The predicted molar refractivity (Wildman–Crippen MR) is 116 cm³/mol. The van der Waals surface area contributed by atoms with Gasteiger partial charge in [0.25, 0.3) is 10.0 Å². The minimum Gasteiger partial charge on any atom is -0.341 e. The van der Waals surface area contributed by atoms with Gasteiger partial charge in [-0.1, -0.05) is 48.0 Å². The first-order valence-electron chi connectivity index (χ1n) is 9.41. The summed E-state index contributed by atoms with van der Waals surface area (Å²) in [5.74, 6) is -0.0210. The molecule has 0 fully saturated rings. The molecule has 0 bridgehead atoms. The first-order chi connectivity index (χ1) is 13.9. The number of sulfonamides is 1. The molecule has 0 unspecified atom stereocenters. The summed E-state index contributed by atoms with van der Waals surface area (Å²) in [5.41, 5.74) is 1.69. The average molecular weight is 429 g/mol. The lowest BCUT2D eigenvalue weighted by molar-refractivity contribution is -0.130. The minimum atomic E-state index is -3.57. The summed E-state index contributed by atoms with van der Waals surface area (Å²) in [4.78, 5) is 14.5. The fourth-order valence-electron chi connectivity index (χ4n) is 3.72. The largest absolute Gasteiger partial charge is 0.341 e. The molecule has 0 aromatic heterocycles. The van der Waals surface area contributed by atoms with E-state index in [1.54, 1.807) is 36.2 Å². The van der Waals surface area contributed by atoms with Gasteiger partial charge in [-0.15, -0.1) is 0 Å². The highest BCUT2D eigenvalue weighted by molar-refractivity contribution is 7.93. The molecule has 0 saturated carbocycles. The Balaban J connectivity index is 1.41. The molecule has 4 rings (SSSR count). The smallest absolute Gasteiger partial charge is 0.265 e. The van der Waals surface area contributed by atoms with Gasteiger partial charge in [-0.05, 0) is 41.6 Å². The van der Waals surface area contributed by atoms with E-state index in [0.29, 0.717) is 28.6 Å². The Labute approximate surface area is 175 Å².